The first-order valence-corrected chi connectivity index (χ1v) is 6.36. The lowest BCUT2D eigenvalue weighted by molar-refractivity contribution is -0.119. The molecule has 1 N–H and O–H groups in total. The second-order valence-electron chi connectivity index (χ2n) is 3.68. The average molecular weight is 274 g/mol. The van der Waals surface area contributed by atoms with Crippen LogP contribution in [-0.4, -0.2) is 18.9 Å². The van der Waals surface area contributed by atoms with Gasteiger partial charge in [-0.1, -0.05) is 0 Å². The summed E-state index contributed by atoms with van der Waals surface area (Å²) >= 11 is 5.03. The topological polar surface area (TPSA) is 29.1 Å². The van der Waals surface area contributed by atoms with Crippen LogP contribution in [0.25, 0.3) is 0 Å². The predicted molar refractivity (Wildman–Crippen MR) is 61.7 cm³/mol. The van der Waals surface area contributed by atoms with Crippen LogP contribution in [0.3, 0.4) is 0 Å². The number of rotatable bonds is 4. The Morgan fingerprint density at radius 1 is 1.64 bits per heavy atom. The van der Waals surface area contributed by atoms with Crippen LogP contribution < -0.4 is 5.32 Å². The first-order valence-electron chi connectivity index (χ1n) is 4.69. The van der Waals surface area contributed by atoms with E-state index in [1.54, 1.807) is 11.3 Å². The molecule has 0 unspecified atom stereocenters. The zero-order valence-electron chi connectivity index (χ0n) is 7.75. The van der Waals surface area contributed by atoms with Gasteiger partial charge in [0.25, 0.3) is 0 Å². The van der Waals surface area contributed by atoms with Crippen LogP contribution in [0.15, 0.2) is 15.9 Å². The van der Waals surface area contributed by atoms with E-state index in [1.165, 1.54) is 0 Å². The first kappa shape index (κ1) is 10.3. The summed E-state index contributed by atoms with van der Waals surface area (Å²) in [6.07, 6.45) is 1.34. The van der Waals surface area contributed by atoms with Gasteiger partial charge in [-0.2, -0.15) is 0 Å². The Morgan fingerprint density at radius 3 is 2.93 bits per heavy atom. The van der Waals surface area contributed by atoms with Gasteiger partial charge in [0.05, 0.1) is 0 Å². The van der Waals surface area contributed by atoms with Crippen molar-refractivity contribution < 1.29 is 4.79 Å². The van der Waals surface area contributed by atoms with E-state index in [4.69, 9.17) is 0 Å². The SMILES string of the molecule is O=C(Cc1cc(Br)cs1)CC1CNC1. The lowest BCUT2D eigenvalue weighted by Crippen LogP contribution is -2.43. The highest BCUT2D eigenvalue weighted by Gasteiger charge is 2.20. The van der Waals surface area contributed by atoms with Gasteiger partial charge in [-0.25, -0.2) is 0 Å². The molecule has 1 aromatic heterocycles. The molecule has 0 atom stereocenters. The Kier molecular flexibility index (Phi) is 3.36. The largest absolute Gasteiger partial charge is 0.316 e. The minimum Gasteiger partial charge on any atom is -0.316 e. The number of hydrogen-bond donors (Lipinski definition) is 1. The maximum absolute atomic E-state index is 11.6. The molecule has 0 bridgehead atoms. The van der Waals surface area contributed by atoms with E-state index < -0.39 is 0 Å². The van der Waals surface area contributed by atoms with Crippen LogP contribution in [0.5, 0.6) is 0 Å². The second-order valence-corrected chi connectivity index (χ2v) is 5.59. The van der Waals surface area contributed by atoms with E-state index in [0.29, 0.717) is 18.1 Å². The third-order valence-corrected chi connectivity index (χ3v) is 4.07. The zero-order chi connectivity index (χ0) is 9.97. The summed E-state index contributed by atoms with van der Waals surface area (Å²) in [6, 6.07) is 2.03. The third-order valence-electron chi connectivity index (χ3n) is 2.38. The van der Waals surface area contributed by atoms with Crippen molar-refractivity contribution in [2.75, 3.05) is 13.1 Å². The van der Waals surface area contributed by atoms with E-state index in [-0.39, 0.29) is 0 Å². The van der Waals surface area contributed by atoms with E-state index in [1.807, 2.05) is 11.4 Å². The van der Waals surface area contributed by atoms with Gasteiger partial charge < -0.3 is 5.32 Å². The summed E-state index contributed by atoms with van der Waals surface area (Å²) in [7, 11) is 0. The van der Waals surface area contributed by atoms with Crippen molar-refractivity contribution in [2.45, 2.75) is 12.8 Å². The van der Waals surface area contributed by atoms with Crippen LogP contribution in [0, 0.1) is 5.92 Å². The molecule has 4 heteroatoms. The molecule has 0 amide bonds. The third kappa shape index (κ3) is 2.65. The maximum atomic E-state index is 11.6. The van der Waals surface area contributed by atoms with Crippen LogP contribution in [0.1, 0.15) is 11.3 Å². The van der Waals surface area contributed by atoms with Crippen molar-refractivity contribution in [3.8, 4) is 0 Å². The van der Waals surface area contributed by atoms with Crippen LogP contribution in [0.4, 0.5) is 0 Å². The summed E-state index contributed by atoms with van der Waals surface area (Å²) in [6.45, 7) is 2.03. The van der Waals surface area contributed by atoms with Crippen molar-refractivity contribution in [2.24, 2.45) is 5.92 Å². The number of ketones is 1. The fraction of sp³-hybridized carbons (Fsp3) is 0.500. The molecule has 0 spiro atoms. The summed E-state index contributed by atoms with van der Waals surface area (Å²) in [5, 5.41) is 5.20. The normalized spacial score (nSPS) is 16.6. The summed E-state index contributed by atoms with van der Waals surface area (Å²) in [5.74, 6) is 0.955. The van der Waals surface area contributed by atoms with Crippen LogP contribution in [0.2, 0.25) is 0 Å². The standard InChI is InChI=1S/C10H12BrNOS/c11-8-2-10(14-6-8)3-9(13)1-7-4-12-5-7/h2,6-7,12H,1,3-5H2. The summed E-state index contributed by atoms with van der Waals surface area (Å²) in [4.78, 5) is 12.7. The quantitative estimate of drug-likeness (QED) is 0.912. The van der Waals surface area contributed by atoms with Gasteiger partial charge in [0, 0.05) is 27.6 Å². The van der Waals surface area contributed by atoms with Crippen molar-refractivity contribution in [1.82, 2.24) is 5.32 Å². The molecule has 1 aliphatic rings. The van der Waals surface area contributed by atoms with Crippen molar-refractivity contribution in [3.05, 3.63) is 20.8 Å². The Morgan fingerprint density at radius 2 is 2.43 bits per heavy atom. The average Bonchev–Trinajstić information content (AvgIpc) is 2.44. The number of carbonyl (C=O) groups excluding carboxylic acids is 1. The highest BCUT2D eigenvalue weighted by molar-refractivity contribution is 9.10. The van der Waals surface area contributed by atoms with Gasteiger partial charge in [0.15, 0.2) is 0 Å². The molecule has 0 aromatic carbocycles. The molecule has 1 aliphatic heterocycles. The molecule has 2 heterocycles. The second kappa shape index (κ2) is 4.55. The molecular formula is C10H12BrNOS. The van der Waals surface area contributed by atoms with Gasteiger partial charge in [0.1, 0.15) is 5.78 Å². The monoisotopic (exact) mass is 273 g/mol. The van der Waals surface area contributed by atoms with Crippen LogP contribution in [-0.2, 0) is 11.2 Å². The summed E-state index contributed by atoms with van der Waals surface area (Å²) in [5.41, 5.74) is 0. The molecule has 1 saturated heterocycles. The summed E-state index contributed by atoms with van der Waals surface area (Å²) < 4.78 is 1.08. The molecule has 14 heavy (non-hydrogen) atoms. The molecule has 2 rings (SSSR count). The van der Waals surface area contributed by atoms with Crippen molar-refractivity contribution in [3.63, 3.8) is 0 Å². The Bertz CT molecular complexity index is 333. The minimum absolute atomic E-state index is 0.367. The van der Waals surface area contributed by atoms with E-state index in [9.17, 15) is 4.79 Å². The van der Waals surface area contributed by atoms with Crippen LogP contribution >= 0.6 is 27.3 Å². The smallest absolute Gasteiger partial charge is 0.138 e. The van der Waals surface area contributed by atoms with E-state index in [2.05, 4.69) is 21.2 Å². The fourth-order valence-electron chi connectivity index (χ4n) is 1.53. The number of nitrogens with one attached hydrogen (secondary N) is 1. The Hall–Kier alpha value is -0.190. The Balaban J connectivity index is 1.81. The Labute approximate surface area is 95.8 Å². The number of carbonyl (C=O) groups is 1. The van der Waals surface area contributed by atoms with Gasteiger partial charge >= 0.3 is 0 Å². The number of Topliss-reactive ketones (excluding diaryl/α,β-unsaturated/α-hetero) is 1. The molecule has 76 valence electrons. The molecule has 0 radical (unpaired) electrons. The molecular weight excluding hydrogens is 262 g/mol. The molecule has 1 fully saturated rings. The lowest BCUT2D eigenvalue weighted by Gasteiger charge is -2.26. The minimum atomic E-state index is 0.367. The van der Waals surface area contributed by atoms with E-state index in [0.717, 1.165) is 28.9 Å². The highest BCUT2D eigenvalue weighted by atomic mass is 79.9. The number of hydrogen-bond acceptors (Lipinski definition) is 3. The first-order chi connectivity index (χ1) is 6.74. The zero-order valence-corrected chi connectivity index (χ0v) is 10.2. The van der Waals surface area contributed by atoms with Gasteiger partial charge in [0.2, 0.25) is 0 Å². The van der Waals surface area contributed by atoms with Crippen molar-refractivity contribution in [1.29, 1.82) is 0 Å². The highest BCUT2D eigenvalue weighted by Crippen LogP contribution is 2.21. The molecule has 0 aliphatic carbocycles. The van der Waals surface area contributed by atoms with Gasteiger partial charge in [-0.3, -0.25) is 4.79 Å². The predicted octanol–water partition coefficient (Wildman–Crippen LogP) is 2.23. The lowest BCUT2D eigenvalue weighted by atomic mass is 9.95. The van der Waals surface area contributed by atoms with Gasteiger partial charge in [-0.15, -0.1) is 11.3 Å². The molecule has 2 nitrogen and oxygen atoms in total. The fourth-order valence-corrected chi connectivity index (χ4v) is 3.01. The molecule has 0 saturated carbocycles. The van der Waals surface area contributed by atoms with E-state index >= 15 is 0 Å². The number of halogens is 1. The maximum Gasteiger partial charge on any atom is 0.138 e. The van der Waals surface area contributed by atoms with Crippen molar-refractivity contribution >= 4 is 33.0 Å². The molecule has 1 aromatic rings. The van der Waals surface area contributed by atoms with Gasteiger partial charge in [-0.05, 0) is 41.0 Å². The number of thiophene rings is 1.